The summed E-state index contributed by atoms with van der Waals surface area (Å²) in [6.07, 6.45) is 13.0. The van der Waals surface area contributed by atoms with Crippen LogP contribution in [-0.4, -0.2) is 61.3 Å². The third-order valence-electron chi connectivity index (χ3n) is 29.1. The molecule has 138 heavy (non-hydrogen) atoms. The molecule has 0 saturated carbocycles. The lowest BCUT2D eigenvalue weighted by atomic mass is 9.73. The van der Waals surface area contributed by atoms with Crippen LogP contribution in [0, 0.1) is 0 Å². The van der Waals surface area contributed by atoms with Gasteiger partial charge in [-0.05, 0) is 276 Å². The molecule has 0 spiro atoms. The van der Waals surface area contributed by atoms with Gasteiger partial charge >= 0.3 is 0 Å². The average Bonchev–Trinajstić information content (AvgIpc) is 1.56. The number of hydrogen-bond donors (Lipinski definition) is 6. The second-order valence-electron chi connectivity index (χ2n) is 53.0. The Morgan fingerprint density at radius 1 is 0.181 bits per heavy atom. The lowest BCUT2D eigenvalue weighted by Gasteiger charge is -2.40. The highest BCUT2D eigenvalue weighted by Gasteiger charge is 2.51. The zero-order chi connectivity index (χ0) is 101. The van der Waals surface area contributed by atoms with Crippen molar-refractivity contribution < 1.29 is 10.2 Å². The first-order valence-corrected chi connectivity index (χ1v) is 50.2. The SMILES string of the molecule is CC(C)(C)c1cc(-c2c3nc(c(-c4cc(C(C)(C)C)cc(C(C)(C)C)c4)c4ccc([nH]4)c(-c4cc(C(C)(C)C)cc(C(C)(C)C)c4)c4nc(cc5ccc2[nH]5)C(C(C)(O)C(C)(O)C2=Cc5nc2cc2ccc([nH]2)c(-c2cc(C(C)(C)C)cc(C(C)(C)C)c2)c2nc(c(-c6cc(C(C)(C)C)cc(C(C)(C)C)c6)c6ccc([nH]6)c5-c5cc(C(C)(C)C)cc(C(C)(C)C)c5)C=C2)=C4)C=C3)cc(C(C)(C)C)c1. The minimum absolute atomic E-state index is 0.208. The summed E-state index contributed by atoms with van der Waals surface area (Å²) in [6, 6.07) is 64.2. The van der Waals surface area contributed by atoms with Gasteiger partial charge in [-0.2, -0.15) is 0 Å². The fourth-order valence-corrected chi connectivity index (χ4v) is 19.4. The summed E-state index contributed by atoms with van der Waals surface area (Å²) in [6.45, 7) is 86.2. The van der Waals surface area contributed by atoms with Gasteiger partial charge in [-0.25, -0.2) is 19.9 Å². The number of aromatic nitrogens is 8. The molecule has 0 amide bonds. The predicted octanol–water partition coefficient (Wildman–Crippen LogP) is 34.1. The molecule has 16 bridgehead atoms. The first kappa shape index (κ1) is 99.5. The summed E-state index contributed by atoms with van der Waals surface area (Å²) >= 11 is 0. The molecule has 6 aromatic carbocycles. The first-order valence-electron chi connectivity index (χ1n) is 50.2. The molecular weight excluding hydrogens is 1680 g/mol. The van der Waals surface area contributed by atoms with Gasteiger partial charge in [0, 0.05) is 88.7 Å². The van der Waals surface area contributed by atoms with Crippen molar-refractivity contribution in [3.05, 3.63) is 282 Å². The zero-order valence-electron chi connectivity index (χ0n) is 90.3. The molecule has 4 aliphatic heterocycles. The first-order chi connectivity index (χ1) is 63.4. The van der Waals surface area contributed by atoms with Crippen LogP contribution in [0.15, 0.2) is 170 Å². The fraction of sp³-hybridized carbons (Fsp3) is 0.406. The molecule has 10 nitrogen and oxygen atoms in total. The Morgan fingerprint density at radius 3 is 0.514 bits per heavy atom. The predicted molar refractivity (Wildman–Crippen MR) is 594 cm³/mol. The van der Waals surface area contributed by atoms with E-state index in [-0.39, 0.29) is 65.0 Å². The molecule has 4 aliphatic rings. The van der Waals surface area contributed by atoms with Crippen LogP contribution in [0.25, 0.3) is 158 Å². The average molecular weight is 1840 g/mol. The summed E-state index contributed by atoms with van der Waals surface area (Å²) in [5, 5.41) is 30.4. The maximum Gasteiger partial charge on any atom is 0.122 e. The van der Waals surface area contributed by atoms with Crippen molar-refractivity contribution in [3.8, 4) is 66.8 Å². The van der Waals surface area contributed by atoms with Crippen molar-refractivity contribution in [3.63, 3.8) is 0 Å². The molecule has 718 valence electrons. The molecule has 16 rings (SSSR count). The molecule has 0 aliphatic carbocycles. The molecule has 2 atom stereocenters. The van der Waals surface area contributed by atoms with Crippen LogP contribution in [0.3, 0.4) is 0 Å². The molecule has 0 fully saturated rings. The summed E-state index contributed by atoms with van der Waals surface area (Å²) < 4.78 is 0. The Bertz CT molecular complexity index is 6810. The van der Waals surface area contributed by atoms with E-state index in [9.17, 15) is 0 Å². The highest BCUT2D eigenvalue weighted by Crippen LogP contribution is 2.53. The Labute approximate surface area is 824 Å². The molecule has 0 saturated heterocycles. The summed E-state index contributed by atoms with van der Waals surface area (Å²) in [5.74, 6) is 0. The summed E-state index contributed by atoms with van der Waals surface area (Å²) in [7, 11) is 0. The Kier molecular flexibility index (Phi) is 24.2. The van der Waals surface area contributed by atoms with Gasteiger partial charge in [0.2, 0.25) is 0 Å². The third kappa shape index (κ3) is 19.5. The van der Waals surface area contributed by atoms with Gasteiger partial charge in [-0.1, -0.05) is 358 Å². The molecule has 0 radical (unpaired) electrons. The number of fused-ring (bicyclic) bond motifs is 16. The van der Waals surface area contributed by atoms with E-state index in [1.165, 1.54) is 66.8 Å². The minimum atomic E-state index is -2.20. The van der Waals surface area contributed by atoms with Gasteiger partial charge < -0.3 is 30.1 Å². The van der Waals surface area contributed by atoms with Crippen LogP contribution in [0.1, 0.15) is 375 Å². The number of rotatable bonds is 9. The van der Waals surface area contributed by atoms with Gasteiger partial charge in [0.05, 0.1) is 45.6 Å². The second-order valence-corrected chi connectivity index (χ2v) is 53.0. The van der Waals surface area contributed by atoms with Crippen molar-refractivity contribution in [1.82, 2.24) is 39.9 Å². The Morgan fingerprint density at radius 2 is 0.341 bits per heavy atom. The number of H-pyrrole nitrogens is 4. The molecule has 12 aromatic rings. The van der Waals surface area contributed by atoms with Crippen LogP contribution in [-0.2, 0) is 65.0 Å². The van der Waals surface area contributed by atoms with E-state index in [0.717, 1.165) is 134 Å². The lowest BCUT2D eigenvalue weighted by molar-refractivity contribution is -0.0534. The maximum atomic E-state index is 15.2. The molecule has 6 N–H and O–H groups in total. The van der Waals surface area contributed by atoms with Crippen molar-refractivity contribution in [2.24, 2.45) is 0 Å². The molecule has 10 heteroatoms. The number of hydrogen-bond acceptors (Lipinski definition) is 6. The zero-order valence-corrected chi connectivity index (χ0v) is 90.3. The van der Waals surface area contributed by atoms with Crippen molar-refractivity contribution in [2.45, 2.75) is 339 Å². The number of aliphatic hydroxyl groups is 2. The maximum absolute atomic E-state index is 15.2. The van der Waals surface area contributed by atoms with Gasteiger partial charge in [-0.15, -0.1) is 0 Å². The normalized spacial score (nSPS) is 15.0. The highest BCUT2D eigenvalue weighted by atomic mass is 16.4. The monoisotopic (exact) mass is 1840 g/mol. The van der Waals surface area contributed by atoms with Crippen molar-refractivity contribution in [2.75, 3.05) is 0 Å². The second kappa shape index (κ2) is 33.6. The standard InChI is InChI=1S/C128H154N8O2/c1-115(2,3)79-51-73(52-80(63-79)116(4,5)6)109-95-41-39-91(129-95)69-105-93(71-107(135-105)113(77-59-87(123(25,26)27)67-88(60-77)124(28,29)30)103-49-47-101(133-103)111(99-45-43-97(109)131-99)75-55-83(119(13,14)15)65-84(56-75)120(16,17)18)127(37,137)128(38,138)94-72-108-114(78-61-89(125(31,32)33)68-90(62-78)126(34,35)36)104-50-48-102(134-104)112(76-57-85(121(19,20)21)66-86(58-76)122(22,23)24)100-46-44-98(132-100)110(96-42-40-92(130-96)70-106(94)136-108)74-53-81(117(7,8)9)64-82(54-74)118(10,11)12/h39-72,129-130,133-134,137-138H,1-38H3. The van der Waals surface area contributed by atoms with Crippen LogP contribution in [0.4, 0.5) is 0 Å². The number of nitrogens with zero attached hydrogens (tertiary/aromatic N) is 4. The van der Waals surface area contributed by atoms with Crippen LogP contribution in [0.2, 0.25) is 0 Å². The van der Waals surface area contributed by atoms with Crippen LogP contribution < -0.4 is 0 Å². The van der Waals surface area contributed by atoms with E-state index < -0.39 is 11.2 Å². The van der Waals surface area contributed by atoms with Crippen LogP contribution in [0.5, 0.6) is 0 Å². The van der Waals surface area contributed by atoms with Gasteiger partial charge in [0.1, 0.15) is 11.2 Å². The minimum Gasteiger partial charge on any atom is -0.382 e. The number of nitrogens with one attached hydrogen (secondary N) is 4. The van der Waals surface area contributed by atoms with E-state index in [0.29, 0.717) is 33.9 Å². The topological polar surface area (TPSA) is 155 Å². The largest absolute Gasteiger partial charge is 0.382 e. The highest BCUT2D eigenvalue weighted by molar-refractivity contribution is 6.05. The summed E-state index contributed by atoms with van der Waals surface area (Å²) in [5.41, 5.74) is 31.5. The quantitative estimate of drug-likeness (QED) is 0.0846. The van der Waals surface area contributed by atoms with Gasteiger partial charge in [-0.3, -0.25) is 0 Å². The van der Waals surface area contributed by atoms with Gasteiger partial charge in [0.15, 0.2) is 0 Å². The van der Waals surface area contributed by atoms with E-state index >= 15 is 10.2 Å². The van der Waals surface area contributed by atoms with Crippen molar-refractivity contribution in [1.29, 1.82) is 0 Å². The Balaban J connectivity index is 1.06. The number of benzene rings is 6. The van der Waals surface area contributed by atoms with Crippen LogP contribution >= 0.6 is 0 Å². The van der Waals surface area contributed by atoms with E-state index in [2.05, 4.69) is 476 Å². The lowest BCUT2D eigenvalue weighted by Crippen LogP contribution is -2.51. The molecule has 2 unspecified atom stereocenters. The molecular formula is C128H154N8O2. The van der Waals surface area contributed by atoms with E-state index in [1.807, 2.05) is 0 Å². The summed E-state index contributed by atoms with van der Waals surface area (Å²) in [4.78, 5) is 40.2. The van der Waals surface area contributed by atoms with Crippen molar-refractivity contribution >= 4 is 91.7 Å². The number of aromatic amines is 4. The van der Waals surface area contributed by atoms with E-state index in [1.54, 1.807) is 13.8 Å². The van der Waals surface area contributed by atoms with Gasteiger partial charge in [0.25, 0.3) is 0 Å². The fourth-order valence-electron chi connectivity index (χ4n) is 19.4. The molecule has 10 heterocycles. The molecule has 6 aromatic heterocycles. The Hall–Kier alpha value is -11.6. The third-order valence-corrected chi connectivity index (χ3v) is 29.1. The van der Waals surface area contributed by atoms with E-state index in [4.69, 9.17) is 19.9 Å². The smallest absolute Gasteiger partial charge is 0.122 e.